The van der Waals surface area contributed by atoms with Gasteiger partial charge >= 0.3 is 5.97 Å². The van der Waals surface area contributed by atoms with Crippen LogP contribution in [0.1, 0.15) is 10.6 Å². The van der Waals surface area contributed by atoms with Gasteiger partial charge in [-0.15, -0.1) is 0 Å². The minimum absolute atomic E-state index is 0.0359. The zero-order chi connectivity index (χ0) is 12.4. The molecule has 0 saturated heterocycles. The van der Waals surface area contributed by atoms with E-state index in [-0.39, 0.29) is 17.1 Å². The van der Waals surface area contributed by atoms with Gasteiger partial charge in [0, 0.05) is 11.6 Å². The Balaban J connectivity index is 2.40. The van der Waals surface area contributed by atoms with Crippen molar-refractivity contribution in [3.63, 3.8) is 0 Å². The molecule has 1 aromatic carbocycles. The Bertz CT molecular complexity index is 566. The quantitative estimate of drug-likeness (QED) is 0.815. The molecule has 0 unspecified atom stereocenters. The van der Waals surface area contributed by atoms with Gasteiger partial charge in [0.25, 0.3) is 0 Å². The minimum atomic E-state index is -0.731. The van der Waals surface area contributed by atoms with Crippen LogP contribution in [0.4, 0.5) is 8.78 Å². The van der Waals surface area contributed by atoms with E-state index in [1.165, 1.54) is 19.4 Å². The van der Waals surface area contributed by atoms with Gasteiger partial charge in [0.05, 0.1) is 19.0 Å². The summed E-state index contributed by atoms with van der Waals surface area (Å²) in [6.07, 6.45) is 1.28. The molecule has 0 spiro atoms. The molecule has 1 aromatic heterocycles. The number of H-pyrrole nitrogens is 1. The van der Waals surface area contributed by atoms with Crippen molar-refractivity contribution in [2.75, 3.05) is 7.11 Å². The molecule has 88 valence electrons. The molecule has 0 aliphatic rings. The number of carbonyl (C=O) groups is 1. The smallest absolute Gasteiger partial charge is 0.374 e. The van der Waals surface area contributed by atoms with Crippen molar-refractivity contribution in [3.8, 4) is 11.3 Å². The topological polar surface area (TPSA) is 55.0 Å². The Morgan fingerprint density at radius 2 is 2.18 bits per heavy atom. The Morgan fingerprint density at radius 3 is 2.82 bits per heavy atom. The number of nitrogens with zero attached hydrogens (tertiary/aromatic N) is 1. The fourth-order valence-corrected chi connectivity index (χ4v) is 1.37. The Labute approximate surface area is 95.3 Å². The first-order chi connectivity index (χ1) is 8.11. The summed E-state index contributed by atoms with van der Waals surface area (Å²) in [6, 6.07) is 3.14. The number of esters is 1. The van der Waals surface area contributed by atoms with Crippen molar-refractivity contribution in [2.45, 2.75) is 0 Å². The van der Waals surface area contributed by atoms with Crippen LogP contribution < -0.4 is 0 Å². The van der Waals surface area contributed by atoms with Crippen LogP contribution in [0.15, 0.2) is 24.4 Å². The summed E-state index contributed by atoms with van der Waals surface area (Å²) in [5, 5.41) is 0. The van der Waals surface area contributed by atoms with Gasteiger partial charge in [-0.2, -0.15) is 0 Å². The monoisotopic (exact) mass is 238 g/mol. The number of aromatic amines is 1. The number of halogens is 2. The normalized spacial score (nSPS) is 10.3. The lowest BCUT2D eigenvalue weighted by Crippen LogP contribution is -2.03. The summed E-state index contributed by atoms with van der Waals surface area (Å²) in [7, 11) is 1.21. The molecule has 0 saturated carbocycles. The zero-order valence-electron chi connectivity index (χ0n) is 8.83. The molecule has 0 aliphatic carbocycles. The molecule has 17 heavy (non-hydrogen) atoms. The first kappa shape index (κ1) is 11.3. The highest BCUT2D eigenvalue weighted by Crippen LogP contribution is 2.21. The molecule has 6 heteroatoms. The van der Waals surface area contributed by atoms with Crippen LogP contribution in [0.2, 0.25) is 0 Å². The third kappa shape index (κ3) is 2.15. The summed E-state index contributed by atoms with van der Waals surface area (Å²) in [6.45, 7) is 0. The lowest BCUT2D eigenvalue weighted by molar-refractivity contribution is 0.0588. The van der Waals surface area contributed by atoms with Gasteiger partial charge in [-0.25, -0.2) is 18.6 Å². The second kappa shape index (κ2) is 4.32. The first-order valence-electron chi connectivity index (χ1n) is 4.70. The number of nitrogens with one attached hydrogen (secondary N) is 1. The van der Waals surface area contributed by atoms with Crippen molar-refractivity contribution in [1.82, 2.24) is 9.97 Å². The Morgan fingerprint density at radius 1 is 1.41 bits per heavy atom. The SMILES string of the molecule is COC(=O)c1ncc(-c2ccc(F)cc2F)[nH]1. The molecular weight excluding hydrogens is 230 g/mol. The van der Waals surface area contributed by atoms with Crippen LogP contribution >= 0.6 is 0 Å². The molecule has 0 amide bonds. The molecule has 0 bridgehead atoms. The highest BCUT2D eigenvalue weighted by atomic mass is 19.1. The van der Waals surface area contributed by atoms with Crippen LogP contribution in [-0.2, 0) is 4.74 Å². The lowest BCUT2D eigenvalue weighted by atomic mass is 10.1. The maximum Gasteiger partial charge on any atom is 0.374 e. The summed E-state index contributed by atoms with van der Waals surface area (Å²) < 4.78 is 30.6. The highest BCUT2D eigenvalue weighted by Gasteiger charge is 2.13. The number of carbonyl (C=O) groups excluding carboxylic acids is 1. The summed E-state index contributed by atoms with van der Waals surface area (Å²) in [5.74, 6) is -2.09. The van der Waals surface area contributed by atoms with Crippen molar-refractivity contribution in [3.05, 3.63) is 41.9 Å². The second-order valence-electron chi connectivity index (χ2n) is 3.26. The number of imidazole rings is 1. The van der Waals surface area contributed by atoms with E-state index < -0.39 is 17.6 Å². The number of methoxy groups -OCH3 is 1. The van der Waals surface area contributed by atoms with Gasteiger partial charge in [-0.05, 0) is 12.1 Å². The number of hydrogen-bond acceptors (Lipinski definition) is 3. The van der Waals surface area contributed by atoms with E-state index in [1.807, 2.05) is 0 Å². The van der Waals surface area contributed by atoms with E-state index >= 15 is 0 Å². The van der Waals surface area contributed by atoms with Crippen LogP contribution in [0.3, 0.4) is 0 Å². The fraction of sp³-hybridized carbons (Fsp3) is 0.0909. The summed E-state index contributed by atoms with van der Waals surface area (Å²) in [5.41, 5.74) is 0.414. The molecule has 1 heterocycles. The first-order valence-corrected chi connectivity index (χ1v) is 4.70. The number of benzene rings is 1. The van der Waals surface area contributed by atoms with Crippen molar-refractivity contribution >= 4 is 5.97 Å². The molecule has 4 nitrogen and oxygen atoms in total. The number of aromatic nitrogens is 2. The third-order valence-corrected chi connectivity index (χ3v) is 2.18. The molecule has 0 radical (unpaired) electrons. The third-order valence-electron chi connectivity index (χ3n) is 2.18. The zero-order valence-corrected chi connectivity index (χ0v) is 8.83. The second-order valence-corrected chi connectivity index (χ2v) is 3.26. The number of hydrogen-bond donors (Lipinski definition) is 1. The highest BCUT2D eigenvalue weighted by molar-refractivity contribution is 5.86. The van der Waals surface area contributed by atoms with Crippen LogP contribution in [0.5, 0.6) is 0 Å². The van der Waals surface area contributed by atoms with Crippen LogP contribution in [-0.4, -0.2) is 23.0 Å². The van der Waals surface area contributed by atoms with Crippen LogP contribution in [0.25, 0.3) is 11.3 Å². The fourth-order valence-electron chi connectivity index (χ4n) is 1.37. The molecule has 0 fully saturated rings. The van der Waals surface area contributed by atoms with Gasteiger partial charge < -0.3 is 9.72 Å². The van der Waals surface area contributed by atoms with E-state index in [4.69, 9.17) is 0 Å². The van der Waals surface area contributed by atoms with E-state index in [2.05, 4.69) is 14.7 Å². The van der Waals surface area contributed by atoms with Crippen molar-refractivity contribution < 1.29 is 18.3 Å². The summed E-state index contributed by atoms with van der Waals surface area (Å²) >= 11 is 0. The maximum absolute atomic E-state index is 13.4. The molecule has 0 aliphatic heterocycles. The van der Waals surface area contributed by atoms with Crippen molar-refractivity contribution in [1.29, 1.82) is 0 Å². The van der Waals surface area contributed by atoms with Gasteiger partial charge in [-0.1, -0.05) is 0 Å². The minimum Gasteiger partial charge on any atom is -0.463 e. The summed E-state index contributed by atoms with van der Waals surface area (Å²) in [4.78, 5) is 17.5. The van der Waals surface area contributed by atoms with E-state index in [9.17, 15) is 13.6 Å². The van der Waals surface area contributed by atoms with E-state index in [0.717, 1.165) is 12.1 Å². The van der Waals surface area contributed by atoms with Gasteiger partial charge in [-0.3, -0.25) is 0 Å². The van der Waals surface area contributed by atoms with Gasteiger partial charge in [0.1, 0.15) is 11.6 Å². The molecule has 2 rings (SSSR count). The maximum atomic E-state index is 13.4. The predicted octanol–water partition coefficient (Wildman–Crippen LogP) is 2.14. The standard InChI is InChI=1S/C11H8F2N2O2/c1-17-11(16)10-14-5-9(15-10)7-3-2-6(12)4-8(7)13/h2-5H,1H3,(H,14,15). The number of ether oxygens (including phenoxy) is 1. The number of rotatable bonds is 2. The van der Waals surface area contributed by atoms with Gasteiger partial charge in [0.15, 0.2) is 0 Å². The largest absolute Gasteiger partial charge is 0.463 e. The average molecular weight is 238 g/mol. The van der Waals surface area contributed by atoms with Crippen LogP contribution in [0, 0.1) is 11.6 Å². The van der Waals surface area contributed by atoms with Crippen molar-refractivity contribution in [2.24, 2.45) is 0 Å². The molecule has 1 N–H and O–H groups in total. The molecular formula is C11H8F2N2O2. The Kier molecular flexibility index (Phi) is 2.86. The average Bonchev–Trinajstić information content (AvgIpc) is 2.77. The van der Waals surface area contributed by atoms with E-state index in [0.29, 0.717) is 0 Å². The molecule has 2 aromatic rings. The Hall–Kier alpha value is -2.24. The lowest BCUT2D eigenvalue weighted by Gasteiger charge is -1.99. The molecule has 0 atom stereocenters. The van der Waals surface area contributed by atoms with Gasteiger partial charge in [0.2, 0.25) is 5.82 Å². The van der Waals surface area contributed by atoms with E-state index in [1.54, 1.807) is 0 Å². The predicted molar refractivity (Wildman–Crippen MR) is 55.3 cm³/mol.